The molecule has 0 radical (unpaired) electrons. The highest BCUT2D eigenvalue weighted by Crippen LogP contribution is 2.47. The summed E-state index contributed by atoms with van der Waals surface area (Å²) in [5.41, 5.74) is 8.35. The molecule has 11 heterocycles. The van der Waals surface area contributed by atoms with Crippen LogP contribution in [0.1, 0.15) is 208 Å². The number of carbonyl (C=O) groups excluding carboxylic acids is 5. The molecule has 22 heteroatoms. The van der Waals surface area contributed by atoms with Crippen molar-refractivity contribution in [3.05, 3.63) is 130 Å². The van der Waals surface area contributed by atoms with Crippen molar-refractivity contribution in [1.29, 1.82) is 0 Å². The minimum absolute atomic E-state index is 0.0515. The Bertz CT molecular complexity index is 3740. The number of fused-ring (bicyclic) bond motifs is 10. The summed E-state index contributed by atoms with van der Waals surface area (Å²) in [4.78, 5) is 77.9. The number of ether oxygens (including phenoxy) is 1. The van der Waals surface area contributed by atoms with Gasteiger partial charge in [0.25, 0.3) is 0 Å². The zero-order valence-corrected chi connectivity index (χ0v) is 61.8. The number of para-hydroxylation sites is 4. The van der Waals surface area contributed by atoms with E-state index < -0.39 is 0 Å². The normalized spacial score (nSPS) is 26.2. The summed E-state index contributed by atoms with van der Waals surface area (Å²) in [6.45, 7) is 21.9. The van der Waals surface area contributed by atoms with Gasteiger partial charge in [0.1, 0.15) is 10.8 Å². The molecule has 4 aromatic carbocycles. The fourth-order valence-electron chi connectivity index (χ4n) is 19.5. The number of nitrogens with one attached hydrogen (secondary N) is 8. The number of hydrogen-bond acceptors (Lipinski definition) is 13. The molecule has 2 bridgehead atoms. The third-order valence-corrected chi connectivity index (χ3v) is 26.1. The Morgan fingerprint density at radius 3 is 1.27 bits per heavy atom. The molecule has 2 saturated carbocycles. The number of rotatable bonds is 8. The van der Waals surface area contributed by atoms with Crippen molar-refractivity contribution in [3.8, 4) is 0 Å². The van der Waals surface area contributed by atoms with Gasteiger partial charge in [0.15, 0.2) is 0 Å². The summed E-state index contributed by atoms with van der Waals surface area (Å²) in [5, 5.41) is 25.9. The van der Waals surface area contributed by atoms with E-state index >= 15 is 0 Å². The number of likely N-dealkylation sites (tertiary alicyclic amines) is 4. The molecule has 8 N–H and O–H groups in total. The second-order valence-corrected chi connectivity index (χ2v) is 33.4. The Morgan fingerprint density at radius 1 is 0.500 bits per heavy atom. The number of anilines is 4. The van der Waals surface area contributed by atoms with E-state index in [-0.39, 0.29) is 52.4 Å². The van der Waals surface area contributed by atoms with E-state index in [1.165, 1.54) is 98.0 Å². The van der Waals surface area contributed by atoms with Crippen LogP contribution in [0, 0.1) is 18.3 Å². The van der Waals surface area contributed by atoms with Crippen molar-refractivity contribution in [2.75, 3.05) is 93.3 Å². The minimum Gasteiger partial charge on any atom is -0.450 e. The summed E-state index contributed by atoms with van der Waals surface area (Å²) >= 11 is 1.58. The third kappa shape index (κ3) is 15.8. The fraction of sp³-hybridized carbons (Fsp3) is 0.613. The predicted molar refractivity (Wildman–Crippen MR) is 403 cm³/mol. The van der Waals surface area contributed by atoms with Crippen molar-refractivity contribution in [2.45, 2.75) is 228 Å². The first-order valence-electron chi connectivity index (χ1n) is 38.8. The Balaban J connectivity index is 0.000000116. The number of hydrogen-bond donors (Lipinski definition) is 8. The average Bonchev–Trinajstić information content (AvgIpc) is 0.816. The maximum Gasteiger partial charge on any atom is 0.410 e. The van der Waals surface area contributed by atoms with Gasteiger partial charge < -0.3 is 71.8 Å². The largest absolute Gasteiger partial charge is 0.450 e. The molecule has 1 aromatic heterocycles. The molecule has 2 unspecified atom stereocenters. The molecule has 4 spiro atoms. The van der Waals surface area contributed by atoms with Crippen LogP contribution in [-0.2, 0) is 26.9 Å². The molecule has 8 fully saturated rings. The highest BCUT2D eigenvalue weighted by atomic mass is 32.1. The lowest BCUT2D eigenvalue weighted by Crippen LogP contribution is -2.59. The van der Waals surface area contributed by atoms with Gasteiger partial charge >= 0.3 is 30.2 Å². The number of nitrogens with zero attached hydrogens (tertiary/aromatic N) is 7. The van der Waals surface area contributed by atoms with Crippen molar-refractivity contribution in [3.63, 3.8) is 0 Å². The Hall–Kier alpha value is -7.37. The van der Waals surface area contributed by atoms with E-state index in [2.05, 4.69) is 141 Å². The van der Waals surface area contributed by atoms with Crippen molar-refractivity contribution < 1.29 is 28.7 Å². The molecule has 102 heavy (non-hydrogen) atoms. The maximum atomic E-state index is 12.3. The monoisotopic (exact) mass is 1410 g/mol. The molecule has 2 aliphatic carbocycles. The summed E-state index contributed by atoms with van der Waals surface area (Å²) in [5.74, 6) is 2.40. The van der Waals surface area contributed by atoms with Crippen LogP contribution < -0.4 is 42.5 Å². The number of carbonyl (C=O) groups is 5. The molecule has 6 saturated heterocycles. The van der Waals surface area contributed by atoms with Gasteiger partial charge in [-0.3, -0.25) is 0 Å². The Kier molecular flexibility index (Phi) is 21.6. The average molecular weight is 1410 g/mol. The number of amides is 9. The molecule has 21 nitrogen and oxygen atoms in total. The first-order chi connectivity index (χ1) is 49.4. The smallest absolute Gasteiger partial charge is 0.410 e. The van der Waals surface area contributed by atoms with Crippen LogP contribution in [0.15, 0.2) is 97.1 Å². The molecule has 12 aliphatic rings. The van der Waals surface area contributed by atoms with Gasteiger partial charge in [-0.1, -0.05) is 113 Å². The van der Waals surface area contributed by atoms with Crippen LogP contribution >= 0.6 is 11.5 Å². The van der Waals surface area contributed by atoms with Gasteiger partial charge in [0, 0.05) is 134 Å². The van der Waals surface area contributed by atoms with Gasteiger partial charge in [-0.15, -0.1) is 0 Å². The lowest BCUT2D eigenvalue weighted by Gasteiger charge is -2.49. The van der Waals surface area contributed by atoms with Crippen LogP contribution in [0.25, 0.3) is 0 Å². The number of piperidine rings is 5. The number of aryl methyl sites for hydroxylation is 1. The SMILES string of the molecule is CC(C)(C)CCN1CCC2(CC1)NC(=O)Nc1ccccc12.CCOC(=O)N1C2CCC1CC(N1CCC3(CC1)NC(=O)Nc1ccccc13)C2.Cc1nsc(C2CCC(N3CCC4(CC3)NC(=O)Nc3ccccc34)CC2)n1.O=C1Nc2ccccc2C2(CCN(CC3CCCCC3)CC2)N1. The van der Waals surface area contributed by atoms with E-state index in [4.69, 9.17) is 4.74 Å². The summed E-state index contributed by atoms with van der Waals surface area (Å²) in [6, 6.07) is 34.3. The molecule has 5 aromatic rings. The lowest BCUT2D eigenvalue weighted by molar-refractivity contribution is 0.0246. The van der Waals surface area contributed by atoms with Gasteiger partial charge in [0.2, 0.25) is 0 Å². The number of benzene rings is 4. The van der Waals surface area contributed by atoms with Crippen LogP contribution in [-0.4, -0.2) is 160 Å². The second kappa shape index (κ2) is 30.8. The minimum atomic E-state index is -0.264. The van der Waals surface area contributed by atoms with E-state index in [0.29, 0.717) is 42.1 Å². The lowest BCUT2D eigenvalue weighted by atomic mass is 9.77. The molecule has 2 atom stereocenters. The van der Waals surface area contributed by atoms with Crippen molar-refractivity contribution in [2.24, 2.45) is 11.3 Å². The molecular formula is C80H111N15O6S. The van der Waals surface area contributed by atoms with Crippen LogP contribution in [0.5, 0.6) is 0 Å². The van der Waals surface area contributed by atoms with Crippen LogP contribution in [0.2, 0.25) is 0 Å². The van der Waals surface area contributed by atoms with E-state index in [1.807, 2.05) is 67.3 Å². The molecular weight excluding hydrogens is 1300 g/mol. The molecule has 9 amide bonds. The first-order valence-corrected chi connectivity index (χ1v) is 39.6. The molecule has 548 valence electrons. The van der Waals surface area contributed by atoms with Crippen molar-refractivity contribution in [1.82, 2.24) is 55.1 Å². The van der Waals surface area contributed by atoms with E-state index in [0.717, 1.165) is 170 Å². The van der Waals surface area contributed by atoms with Crippen LogP contribution in [0.4, 0.5) is 46.7 Å². The molecule has 17 rings (SSSR count). The number of aromatic nitrogens is 2. The van der Waals surface area contributed by atoms with Gasteiger partial charge in [-0.2, -0.15) is 4.37 Å². The zero-order chi connectivity index (χ0) is 70.6. The quantitative estimate of drug-likeness (QED) is 0.0725. The summed E-state index contributed by atoms with van der Waals surface area (Å²) in [7, 11) is 0. The van der Waals surface area contributed by atoms with Gasteiger partial charge in [-0.05, 0) is 190 Å². The number of urea groups is 4. The maximum absolute atomic E-state index is 12.3. The summed E-state index contributed by atoms with van der Waals surface area (Å²) < 4.78 is 9.64. The molecule has 10 aliphatic heterocycles. The van der Waals surface area contributed by atoms with Gasteiger partial charge in [-0.25, -0.2) is 29.0 Å². The Morgan fingerprint density at radius 2 is 0.882 bits per heavy atom. The predicted octanol–water partition coefficient (Wildman–Crippen LogP) is 14.5. The third-order valence-electron chi connectivity index (χ3n) is 25.1. The second-order valence-electron chi connectivity index (χ2n) is 32.7. The standard InChI is InChI=1S/C22H30N4O3.C21H27N5OS.C19H27N3O.C18H27N3O/c1-2-29-21(28)26-15-7-8-16(26)14-17(13-15)25-11-9-22(10-12-25)18-5-3-4-6-19(18)23-20(27)24-22;1-14-22-19(28-25-14)15-6-8-16(9-7-15)26-12-10-21(11-13-26)17-4-2-3-5-18(17)23-20(27)24-21;23-18-20-17-9-5-4-8-16(17)19(21-18)10-12-22(13-11-19)14-15-6-2-1-3-7-15;1-17(2,3)8-11-21-12-9-18(10-13-21)14-6-4-5-7-15(14)19-16(22)20-18/h3-6,15-17H,2,7-14H2,1H3,(H2,23,24,27);2-5,15-16H,6-13H2,1H3,(H2,23,24,27);4-5,8-9,15H,1-3,6-7,10-14H2,(H2,20,21,23);4-7H,8-13H2,1-3H3,(H2,19,20,22). The highest BCUT2D eigenvalue weighted by molar-refractivity contribution is 7.05. The first kappa shape index (κ1) is 71.6. The topological polar surface area (TPSA) is 233 Å². The van der Waals surface area contributed by atoms with Gasteiger partial charge in [0.05, 0.1) is 28.8 Å². The van der Waals surface area contributed by atoms with Crippen molar-refractivity contribution >= 4 is 64.5 Å². The highest BCUT2D eigenvalue weighted by Gasteiger charge is 2.50. The van der Waals surface area contributed by atoms with E-state index in [9.17, 15) is 24.0 Å². The fourth-order valence-corrected chi connectivity index (χ4v) is 20.3. The Labute approximate surface area is 608 Å². The van der Waals surface area contributed by atoms with Crippen LogP contribution in [0.3, 0.4) is 0 Å². The van der Waals surface area contributed by atoms with E-state index in [1.54, 1.807) is 11.5 Å². The zero-order valence-electron chi connectivity index (χ0n) is 61.0. The summed E-state index contributed by atoms with van der Waals surface area (Å²) in [6.07, 6.45) is 25.1.